The van der Waals surface area contributed by atoms with Crippen LogP contribution in [-0.4, -0.2) is 20.9 Å². The number of hydrogen-bond acceptors (Lipinski definition) is 6. The zero-order valence-electron chi connectivity index (χ0n) is 18.0. The van der Waals surface area contributed by atoms with Crippen molar-refractivity contribution in [2.75, 3.05) is 0 Å². The van der Waals surface area contributed by atoms with Gasteiger partial charge < -0.3 is 4.74 Å². The molecule has 0 unspecified atom stereocenters. The highest BCUT2D eigenvalue weighted by molar-refractivity contribution is 5.79. The summed E-state index contributed by atoms with van der Waals surface area (Å²) in [4.78, 5) is 30.7. The smallest absolute Gasteiger partial charge is 0.373 e. The zero-order chi connectivity index (χ0) is 24.5. The minimum Gasteiger partial charge on any atom is -0.457 e. The van der Waals surface area contributed by atoms with Crippen LogP contribution in [0.1, 0.15) is 12.6 Å². The van der Waals surface area contributed by atoms with Gasteiger partial charge in [0.2, 0.25) is 5.69 Å². The van der Waals surface area contributed by atoms with Gasteiger partial charge in [-0.15, -0.1) is 0 Å². The molecule has 0 atom stereocenters. The third-order valence-corrected chi connectivity index (χ3v) is 4.77. The predicted molar refractivity (Wildman–Crippen MR) is 123 cm³/mol. The summed E-state index contributed by atoms with van der Waals surface area (Å²) in [7, 11) is 0. The molecule has 0 amide bonds. The molecular formula is C25H18N4O5. The molecule has 3 aromatic carbocycles. The summed E-state index contributed by atoms with van der Waals surface area (Å²) >= 11 is 0. The molecule has 9 heteroatoms. The van der Waals surface area contributed by atoms with Gasteiger partial charge in [-0.3, -0.25) is 10.1 Å². The summed E-state index contributed by atoms with van der Waals surface area (Å²) in [5, 5.41) is 15.8. The number of nitro benzene ring substituents is 1. The first-order chi connectivity index (χ1) is 16.5. The molecule has 0 aliphatic rings. The van der Waals surface area contributed by atoms with Crippen molar-refractivity contribution in [3.8, 4) is 28.4 Å². The van der Waals surface area contributed by atoms with E-state index in [1.54, 1.807) is 16.8 Å². The Morgan fingerprint density at radius 3 is 2.26 bits per heavy atom. The summed E-state index contributed by atoms with van der Waals surface area (Å²) in [6, 6.07) is 23.1. The topological polar surface area (TPSA) is 109 Å². The monoisotopic (exact) mass is 454 g/mol. The molecule has 0 saturated heterocycles. The third-order valence-electron chi connectivity index (χ3n) is 4.77. The lowest BCUT2D eigenvalue weighted by molar-refractivity contribution is -0.384. The van der Waals surface area contributed by atoms with E-state index in [9.17, 15) is 10.1 Å². The molecule has 168 valence electrons. The molecule has 34 heavy (non-hydrogen) atoms. The highest BCUT2D eigenvalue weighted by Gasteiger charge is 2.21. The second-order valence-corrected chi connectivity index (χ2v) is 6.82. The fraction of sp³-hybridized carbons (Fsp3) is 0.0800. The Kier molecular flexibility index (Phi) is 7.63. The number of rotatable bonds is 6. The van der Waals surface area contributed by atoms with Crippen LogP contribution in [0.4, 0.5) is 11.4 Å². The molecule has 4 rings (SSSR count). The second kappa shape index (κ2) is 11.0. The van der Waals surface area contributed by atoms with E-state index in [0.717, 1.165) is 11.3 Å². The number of nitrogens with zero attached hydrogens (tertiary/aromatic N) is 4. The van der Waals surface area contributed by atoms with Gasteiger partial charge in [-0.25, -0.2) is 9.53 Å². The van der Waals surface area contributed by atoms with Crippen LogP contribution in [0.2, 0.25) is 0 Å². The molecule has 1 heterocycles. The minimum atomic E-state index is -0.446. The van der Waals surface area contributed by atoms with Crippen molar-refractivity contribution in [1.29, 1.82) is 0 Å². The van der Waals surface area contributed by atoms with Gasteiger partial charge >= 0.3 is 6.15 Å². The Bertz CT molecular complexity index is 1370. The van der Waals surface area contributed by atoms with Crippen LogP contribution in [0.25, 0.3) is 21.8 Å². The predicted octanol–water partition coefficient (Wildman–Crippen LogP) is 5.77. The Labute approximate surface area is 194 Å². The Balaban J connectivity index is 0.00000103. The van der Waals surface area contributed by atoms with E-state index in [0.29, 0.717) is 34.9 Å². The van der Waals surface area contributed by atoms with Crippen LogP contribution in [-0.2, 0) is 16.0 Å². The van der Waals surface area contributed by atoms with Crippen LogP contribution >= 0.6 is 0 Å². The second-order valence-electron chi connectivity index (χ2n) is 6.82. The zero-order valence-corrected chi connectivity index (χ0v) is 18.0. The van der Waals surface area contributed by atoms with Crippen LogP contribution in [0.15, 0.2) is 78.9 Å². The first-order valence-electron chi connectivity index (χ1n) is 10.1. The van der Waals surface area contributed by atoms with Crippen molar-refractivity contribution in [1.82, 2.24) is 9.78 Å². The van der Waals surface area contributed by atoms with E-state index >= 15 is 0 Å². The van der Waals surface area contributed by atoms with Gasteiger partial charge in [-0.05, 0) is 42.3 Å². The lowest BCUT2D eigenvalue weighted by Crippen LogP contribution is -2.01. The van der Waals surface area contributed by atoms with Gasteiger partial charge in [0.1, 0.15) is 11.5 Å². The first-order valence-corrected chi connectivity index (χ1v) is 10.1. The maximum atomic E-state index is 11.2. The lowest BCUT2D eigenvalue weighted by Gasteiger charge is -2.10. The maximum Gasteiger partial charge on any atom is 0.373 e. The molecule has 1 aromatic heterocycles. The van der Waals surface area contributed by atoms with Gasteiger partial charge in [0, 0.05) is 12.1 Å². The SMILES string of the molecule is O=C=O.[C-]#[N+]c1c(CC)nn(-c2cccc([N+](=O)[O-])c2)c1-c1ccc(Oc2ccccc2)cc1. The average Bonchev–Trinajstić information content (AvgIpc) is 3.24. The summed E-state index contributed by atoms with van der Waals surface area (Å²) in [5.74, 6) is 1.39. The summed E-state index contributed by atoms with van der Waals surface area (Å²) in [6.07, 6.45) is 0.821. The van der Waals surface area contributed by atoms with Gasteiger partial charge in [0.25, 0.3) is 5.69 Å². The van der Waals surface area contributed by atoms with Crippen LogP contribution in [0.5, 0.6) is 11.5 Å². The van der Waals surface area contributed by atoms with Crippen molar-refractivity contribution in [2.45, 2.75) is 13.3 Å². The molecule has 0 aliphatic heterocycles. The van der Waals surface area contributed by atoms with Crippen molar-refractivity contribution in [2.24, 2.45) is 0 Å². The van der Waals surface area contributed by atoms with E-state index in [2.05, 4.69) is 9.94 Å². The summed E-state index contributed by atoms with van der Waals surface area (Å²) < 4.78 is 7.45. The van der Waals surface area contributed by atoms with E-state index in [4.69, 9.17) is 20.9 Å². The van der Waals surface area contributed by atoms with Gasteiger partial charge in [-0.1, -0.05) is 43.3 Å². The molecule has 4 aromatic rings. The largest absolute Gasteiger partial charge is 0.457 e. The quantitative estimate of drug-likeness (QED) is 0.208. The Hall–Kier alpha value is -5.06. The number of non-ortho nitro benzene ring substituents is 1. The van der Waals surface area contributed by atoms with Gasteiger partial charge in [-0.2, -0.15) is 14.7 Å². The number of aromatic nitrogens is 2. The number of para-hydroxylation sites is 1. The van der Waals surface area contributed by atoms with Crippen LogP contribution in [0.3, 0.4) is 0 Å². The normalized spacial score (nSPS) is 9.76. The van der Waals surface area contributed by atoms with Crippen molar-refractivity contribution in [3.63, 3.8) is 0 Å². The fourth-order valence-corrected chi connectivity index (χ4v) is 3.30. The van der Waals surface area contributed by atoms with Crippen molar-refractivity contribution in [3.05, 3.63) is 106 Å². The molecule has 0 N–H and O–H groups in total. The molecular weight excluding hydrogens is 436 g/mol. The number of hydrogen-bond donors (Lipinski definition) is 0. The van der Waals surface area contributed by atoms with Crippen molar-refractivity contribution < 1.29 is 19.2 Å². The molecule has 0 spiro atoms. The molecule has 0 bridgehead atoms. The maximum absolute atomic E-state index is 11.2. The Morgan fingerprint density at radius 2 is 1.68 bits per heavy atom. The van der Waals surface area contributed by atoms with Gasteiger partial charge in [0.15, 0.2) is 0 Å². The number of ether oxygens (including phenoxy) is 1. The number of carbonyl (C=O) groups excluding carboxylic acids is 2. The van der Waals surface area contributed by atoms with Crippen LogP contribution < -0.4 is 4.74 Å². The lowest BCUT2D eigenvalue weighted by atomic mass is 10.1. The minimum absolute atomic E-state index is 0.0343. The standard InChI is InChI=1S/C24H18N4O3.CO2/c1-3-22-23(25-2)24(27(26-22)18-8-7-9-19(16-18)28(29)30)17-12-14-21(15-13-17)31-20-10-5-4-6-11-20;2-1-3/h4-16H,3H2,1H3;. The molecule has 0 saturated carbocycles. The first kappa shape index (κ1) is 23.6. The highest BCUT2D eigenvalue weighted by atomic mass is 16.6. The highest BCUT2D eigenvalue weighted by Crippen LogP contribution is 2.37. The third kappa shape index (κ3) is 5.22. The number of benzene rings is 3. The fourth-order valence-electron chi connectivity index (χ4n) is 3.30. The van der Waals surface area contributed by atoms with Gasteiger partial charge in [0.05, 0.1) is 28.6 Å². The molecule has 0 aliphatic carbocycles. The average molecular weight is 454 g/mol. The summed E-state index contributed by atoms with van der Waals surface area (Å²) in [5.41, 5.74) is 2.93. The molecule has 0 fully saturated rings. The van der Waals surface area contributed by atoms with E-state index in [-0.39, 0.29) is 11.8 Å². The number of aryl methyl sites for hydroxylation is 1. The summed E-state index contributed by atoms with van der Waals surface area (Å²) in [6.45, 7) is 9.62. The van der Waals surface area contributed by atoms with E-state index in [1.165, 1.54) is 12.1 Å². The Morgan fingerprint density at radius 1 is 1.03 bits per heavy atom. The molecule has 9 nitrogen and oxygen atoms in total. The van der Waals surface area contributed by atoms with Crippen molar-refractivity contribution >= 4 is 17.5 Å². The van der Waals surface area contributed by atoms with E-state index in [1.807, 2.05) is 61.5 Å². The molecule has 0 radical (unpaired) electrons. The van der Waals surface area contributed by atoms with E-state index < -0.39 is 4.92 Å². The van der Waals surface area contributed by atoms with Crippen LogP contribution in [0, 0.1) is 16.7 Å². The number of nitro groups is 1.